The van der Waals surface area contributed by atoms with E-state index in [9.17, 15) is 14.3 Å². The highest BCUT2D eigenvalue weighted by molar-refractivity contribution is 7.71. The van der Waals surface area contributed by atoms with Crippen LogP contribution in [-0.2, 0) is 4.74 Å². The number of benzene rings is 2. The average Bonchev–Trinajstić information content (AvgIpc) is 2.62. The van der Waals surface area contributed by atoms with Crippen LogP contribution in [0.1, 0.15) is 17.3 Å². The number of aromatic amines is 1. The monoisotopic (exact) mass is 373 g/mol. The fourth-order valence-corrected chi connectivity index (χ4v) is 2.97. The molecule has 0 aliphatic carbocycles. The average molecular weight is 373 g/mol. The first-order valence-electron chi connectivity index (χ1n) is 7.86. The predicted molar refractivity (Wildman–Crippen MR) is 98.7 cm³/mol. The maximum absolute atomic E-state index is 14.7. The Morgan fingerprint density at radius 1 is 1.27 bits per heavy atom. The molecule has 3 rings (SSSR count). The molecule has 0 atom stereocenters. The lowest BCUT2D eigenvalue weighted by Gasteiger charge is -2.11. The Balaban J connectivity index is 2.18. The lowest BCUT2D eigenvalue weighted by atomic mass is 10.0. The molecule has 0 saturated heterocycles. The first-order valence-corrected chi connectivity index (χ1v) is 8.27. The first-order chi connectivity index (χ1) is 12.5. The molecule has 26 heavy (non-hydrogen) atoms. The van der Waals surface area contributed by atoms with Gasteiger partial charge in [0.05, 0.1) is 19.2 Å². The minimum Gasteiger partial charge on any atom is -0.506 e. The molecule has 1 heterocycles. The summed E-state index contributed by atoms with van der Waals surface area (Å²) in [4.78, 5) is 14.9. The zero-order chi connectivity index (χ0) is 18.8. The molecular weight excluding hydrogens is 357 g/mol. The second-order valence-corrected chi connectivity index (χ2v) is 5.91. The Labute approximate surface area is 154 Å². The summed E-state index contributed by atoms with van der Waals surface area (Å²) in [5.41, 5.74) is 1.20. The number of pyridine rings is 1. The van der Waals surface area contributed by atoms with Crippen molar-refractivity contribution in [3.05, 3.63) is 52.4 Å². The molecule has 2 N–H and O–H groups in total. The summed E-state index contributed by atoms with van der Waals surface area (Å²) in [6, 6.07) is 9.61. The number of hydrogen-bond acceptors (Lipinski definition) is 5. The maximum atomic E-state index is 14.7. The third kappa shape index (κ3) is 3.13. The van der Waals surface area contributed by atoms with E-state index < -0.39 is 17.5 Å². The molecule has 0 aliphatic heterocycles. The number of ether oxygens (including phenoxy) is 2. The maximum Gasteiger partial charge on any atom is 0.344 e. The van der Waals surface area contributed by atoms with Gasteiger partial charge in [0.1, 0.15) is 27.5 Å². The van der Waals surface area contributed by atoms with E-state index in [1.165, 1.54) is 6.07 Å². The normalized spacial score (nSPS) is 10.7. The summed E-state index contributed by atoms with van der Waals surface area (Å²) in [6.45, 7) is 1.78. The molecule has 0 spiro atoms. The van der Waals surface area contributed by atoms with Crippen molar-refractivity contribution in [2.24, 2.45) is 0 Å². The number of hydrogen-bond donors (Lipinski definition) is 2. The third-order valence-corrected chi connectivity index (χ3v) is 4.26. The Bertz CT molecular complexity index is 1040. The van der Waals surface area contributed by atoms with Gasteiger partial charge < -0.3 is 19.6 Å². The number of H-pyrrole nitrogens is 1. The van der Waals surface area contributed by atoms with E-state index in [4.69, 9.17) is 21.7 Å². The lowest BCUT2D eigenvalue weighted by molar-refractivity contribution is 0.0522. The Hall–Kier alpha value is -2.93. The van der Waals surface area contributed by atoms with Crippen LogP contribution in [0, 0.1) is 10.5 Å². The molecule has 0 saturated carbocycles. The summed E-state index contributed by atoms with van der Waals surface area (Å²) in [5, 5.41) is 10.6. The van der Waals surface area contributed by atoms with Gasteiger partial charge in [-0.2, -0.15) is 0 Å². The Morgan fingerprint density at radius 3 is 2.58 bits per heavy atom. The second-order valence-electron chi connectivity index (χ2n) is 5.50. The number of halogens is 1. The van der Waals surface area contributed by atoms with E-state index in [1.54, 1.807) is 38.3 Å². The second kappa shape index (κ2) is 7.13. The van der Waals surface area contributed by atoms with E-state index >= 15 is 0 Å². The van der Waals surface area contributed by atoms with Gasteiger partial charge in [-0.3, -0.25) is 0 Å². The zero-order valence-corrected chi connectivity index (χ0v) is 14.9. The molecule has 0 radical (unpaired) electrons. The Kier molecular flexibility index (Phi) is 4.90. The fourth-order valence-electron chi connectivity index (χ4n) is 2.68. The molecular formula is C19H16FNO4S. The molecule has 0 bridgehead atoms. The fraction of sp³-hybridized carbons (Fsp3) is 0.158. The molecule has 7 heteroatoms. The van der Waals surface area contributed by atoms with E-state index in [2.05, 4.69) is 4.98 Å². The number of aromatic hydroxyl groups is 1. The number of nitrogens with one attached hydrogen (secondary N) is 1. The molecule has 0 fully saturated rings. The van der Waals surface area contributed by atoms with Crippen LogP contribution in [-0.4, -0.2) is 29.8 Å². The first kappa shape index (κ1) is 17.9. The van der Waals surface area contributed by atoms with Crippen molar-refractivity contribution < 1.29 is 23.8 Å². The predicted octanol–water partition coefficient (Wildman–Crippen LogP) is 4.59. The third-order valence-electron chi connectivity index (χ3n) is 3.95. The SMILES string of the molecule is CCOC(=O)c1c(O)c2cc(F)c(-c3ccc(OC)cc3)cc2[nH]c1=S. The minimum atomic E-state index is -0.757. The highest BCUT2D eigenvalue weighted by atomic mass is 32.1. The van der Waals surface area contributed by atoms with Crippen LogP contribution in [0.2, 0.25) is 0 Å². The van der Waals surface area contributed by atoms with Crippen molar-refractivity contribution in [1.29, 1.82) is 0 Å². The highest BCUT2D eigenvalue weighted by Crippen LogP contribution is 2.34. The van der Waals surface area contributed by atoms with Gasteiger partial charge in [-0.25, -0.2) is 9.18 Å². The van der Waals surface area contributed by atoms with Crippen molar-refractivity contribution in [3.63, 3.8) is 0 Å². The molecule has 2 aromatic carbocycles. The van der Waals surface area contributed by atoms with Gasteiger partial charge in [-0.1, -0.05) is 24.4 Å². The van der Waals surface area contributed by atoms with Crippen LogP contribution in [0.5, 0.6) is 11.5 Å². The van der Waals surface area contributed by atoms with Gasteiger partial charge >= 0.3 is 5.97 Å². The quantitative estimate of drug-likeness (QED) is 0.517. The molecule has 0 unspecified atom stereocenters. The van der Waals surface area contributed by atoms with Crippen LogP contribution in [0.4, 0.5) is 4.39 Å². The van der Waals surface area contributed by atoms with Crippen molar-refractivity contribution in [1.82, 2.24) is 4.98 Å². The standard InChI is InChI=1S/C19H16FNO4S/c1-3-25-19(23)16-17(22)13-8-14(20)12(9-15(13)21-18(16)26)10-4-6-11(24-2)7-5-10/h4-9H,3H2,1-2H3,(H2,21,22,26). The Morgan fingerprint density at radius 2 is 1.96 bits per heavy atom. The number of fused-ring (bicyclic) bond motifs is 1. The summed E-state index contributed by atoms with van der Waals surface area (Å²) >= 11 is 5.16. The van der Waals surface area contributed by atoms with Crippen LogP contribution in [0.3, 0.4) is 0 Å². The molecule has 0 aliphatic rings. The van der Waals surface area contributed by atoms with Gasteiger partial charge in [0.25, 0.3) is 0 Å². The van der Waals surface area contributed by atoms with Gasteiger partial charge in [-0.05, 0) is 36.8 Å². The summed E-state index contributed by atoms with van der Waals surface area (Å²) < 4.78 is 24.7. The largest absolute Gasteiger partial charge is 0.506 e. The van der Waals surface area contributed by atoms with E-state index in [0.717, 1.165) is 6.07 Å². The number of carbonyl (C=O) groups excluding carboxylic acids is 1. The minimum absolute atomic E-state index is 0.0285. The lowest BCUT2D eigenvalue weighted by Crippen LogP contribution is -2.07. The van der Waals surface area contributed by atoms with Gasteiger partial charge in [-0.15, -0.1) is 0 Å². The molecule has 134 valence electrons. The molecule has 3 aromatic rings. The van der Waals surface area contributed by atoms with E-state index in [1.807, 2.05) is 0 Å². The van der Waals surface area contributed by atoms with E-state index in [-0.39, 0.29) is 22.2 Å². The number of carbonyl (C=O) groups is 1. The van der Waals surface area contributed by atoms with Crippen LogP contribution < -0.4 is 4.74 Å². The van der Waals surface area contributed by atoms with Gasteiger partial charge in [0, 0.05) is 10.9 Å². The topological polar surface area (TPSA) is 71.6 Å². The number of esters is 1. The van der Waals surface area contributed by atoms with Crippen LogP contribution >= 0.6 is 12.2 Å². The smallest absolute Gasteiger partial charge is 0.344 e. The number of aromatic nitrogens is 1. The number of rotatable bonds is 4. The van der Waals surface area contributed by atoms with Crippen LogP contribution in [0.25, 0.3) is 22.0 Å². The summed E-state index contributed by atoms with van der Waals surface area (Å²) in [6.07, 6.45) is 0. The zero-order valence-electron chi connectivity index (χ0n) is 14.1. The van der Waals surface area contributed by atoms with Crippen LogP contribution in [0.15, 0.2) is 36.4 Å². The molecule has 0 amide bonds. The summed E-state index contributed by atoms with van der Waals surface area (Å²) in [5.74, 6) is -1.04. The summed E-state index contributed by atoms with van der Waals surface area (Å²) in [7, 11) is 1.55. The van der Waals surface area contributed by atoms with Crippen molar-refractivity contribution in [2.45, 2.75) is 6.92 Å². The van der Waals surface area contributed by atoms with Crippen molar-refractivity contribution in [2.75, 3.05) is 13.7 Å². The molecule has 1 aromatic heterocycles. The van der Waals surface area contributed by atoms with E-state index in [0.29, 0.717) is 22.4 Å². The van der Waals surface area contributed by atoms with Gasteiger partial charge in [0.15, 0.2) is 0 Å². The van der Waals surface area contributed by atoms with Crippen molar-refractivity contribution in [3.8, 4) is 22.6 Å². The highest BCUT2D eigenvalue weighted by Gasteiger charge is 2.20. The molecule has 5 nitrogen and oxygen atoms in total. The number of methoxy groups -OCH3 is 1. The van der Waals surface area contributed by atoms with Gasteiger partial charge in [0.2, 0.25) is 0 Å². The van der Waals surface area contributed by atoms with Crippen molar-refractivity contribution >= 4 is 29.1 Å².